The highest BCUT2D eigenvalue weighted by molar-refractivity contribution is 7.38. The van der Waals surface area contributed by atoms with Gasteiger partial charge >= 0.3 is 8.60 Å². The Bertz CT molecular complexity index is 26.9. The molecule has 8 heavy (non-hydrogen) atoms. The molecule has 5 N–H and O–H groups in total. The summed E-state index contributed by atoms with van der Waals surface area (Å²) in [5, 5.41) is 15.2. The van der Waals surface area contributed by atoms with Crippen molar-refractivity contribution in [3.8, 4) is 0 Å². The SMILES string of the molecule is OCCO.OP(O)O. The van der Waals surface area contributed by atoms with Gasteiger partial charge in [-0.05, 0) is 0 Å². The Morgan fingerprint density at radius 2 is 1.00 bits per heavy atom. The molecule has 0 heterocycles. The zero-order valence-corrected chi connectivity index (χ0v) is 4.99. The first-order chi connectivity index (χ1) is 3.65. The van der Waals surface area contributed by atoms with Gasteiger partial charge < -0.3 is 24.9 Å². The normalized spacial score (nSPS) is 8.25. The molecule has 0 aromatic carbocycles. The first-order valence-electron chi connectivity index (χ1n) is 1.73. The lowest BCUT2D eigenvalue weighted by Crippen LogP contribution is -1.85. The summed E-state index contributed by atoms with van der Waals surface area (Å²) < 4.78 is 0. The Kier molecular flexibility index (Phi) is 14.2. The Labute approximate surface area is 47.8 Å². The lowest BCUT2D eigenvalue weighted by atomic mass is 10.8. The predicted octanol–water partition coefficient (Wildman–Crippen LogP) is -1.84. The van der Waals surface area contributed by atoms with Gasteiger partial charge in [0.2, 0.25) is 0 Å². The van der Waals surface area contributed by atoms with Crippen molar-refractivity contribution >= 4 is 8.60 Å². The standard InChI is InChI=1S/C2H6O2.H3O3P/c3-1-2-4;1-4(2)3/h3-4H,1-2H2;1-3H. The summed E-state index contributed by atoms with van der Waals surface area (Å²) in [6.45, 7) is -0.250. The summed E-state index contributed by atoms with van der Waals surface area (Å²) in [4.78, 5) is 21.7. The quantitative estimate of drug-likeness (QED) is 0.278. The summed E-state index contributed by atoms with van der Waals surface area (Å²) in [6, 6.07) is 0. The van der Waals surface area contributed by atoms with Crippen molar-refractivity contribution in [2.24, 2.45) is 0 Å². The molecule has 0 rings (SSSR count). The highest BCUT2D eigenvalue weighted by Gasteiger charge is 1.76. The highest BCUT2D eigenvalue weighted by atomic mass is 31.2. The van der Waals surface area contributed by atoms with Crippen LogP contribution in [0.4, 0.5) is 0 Å². The second-order valence-corrected chi connectivity index (χ2v) is 1.25. The molecule has 0 saturated carbocycles. The zero-order valence-electron chi connectivity index (χ0n) is 4.10. The molecule has 0 spiro atoms. The molecule has 0 aliphatic rings. The molecule has 0 fully saturated rings. The largest absolute Gasteiger partial charge is 0.394 e. The molecular formula is C2H9O5P. The minimum Gasteiger partial charge on any atom is -0.394 e. The molecule has 52 valence electrons. The minimum absolute atomic E-state index is 0.125. The lowest BCUT2D eigenvalue weighted by Gasteiger charge is -1.76. The minimum atomic E-state index is -2.62. The highest BCUT2D eigenvalue weighted by Crippen LogP contribution is 2.11. The summed E-state index contributed by atoms with van der Waals surface area (Å²) in [6.07, 6.45) is 0. The third kappa shape index (κ3) is 113. The van der Waals surface area contributed by atoms with Crippen LogP contribution in [0.2, 0.25) is 0 Å². The monoisotopic (exact) mass is 144 g/mol. The van der Waals surface area contributed by atoms with Gasteiger partial charge in [-0.15, -0.1) is 0 Å². The van der Waals surface area contributed by atoms with Crippen LogP contribution in [-0.2, 0) is 0 Å². The van der Waals surface area contributed by atoms with Crippen LogP contribution < -0.4 is 0 Å². The molecule has 0 saturated heterocycles. The zero-order chi connectivity index (χ0) is 6.99. The van der Waals surface area contributed by atoms with E-state index in [1.165, 1.54) is 0 Å². The van der Waals surface area contributed by atoms with Crippen LogP contribution in [0.1, 0.15) is 0 Å². The van der Waals surface area contributed by atoms with Crippen LogP contribution in [0.5, 0.6) is 0 Å². The van der Waals surface area contributed by atoms with E-state index in [-0.39, 0.29) is 13.2 Å². The third-order valence-corrected chi connectivity index (χ3v) is 0.1000. The van der Waals surface area contributed by atoms with E-state index in [2.05, 4.69) is 0 Å². The molecule has 0 amide bonds. The summed E-state index contributed by atoms with van der Waals surface area (Å²) in [7, 11) is -2.62. The van der Waals surface area contributed by atoms with E-state index < -0.39 is 8.60 Å². The van der Waals surface area contributed by atoms with E-state index in [1.54, 1.807) is 0 Å². The van der Waals surface area contributed by atoms with Crippen molar-refractivity contribution in [3.05, 3.63) is 0 Å². The van der Waals surface area contributed by atoms with E-state index >= 15 is 0 Å². The molecule has 0 radical (unpaired) electrons. The van der Waals surface area contributed by atoms with Gasteiger partial charge in [0.1, 0.15) is 0 Å². The van der Waals surface area contributed by atoms with Gasteiger partial charge in [0.05, 0.1) is 13.2 Å². The van der Waals surface area contributed by atoms with Crippen molar-refractivity contribution in [2.75, 3.05) is 13.2 Å². The molecule has 6 heteroatoms. The first-order valence-corrected chi connectivity index (χ1v) is 2.93. The Morgan fingerprint density at radius 1 is 0.875 bits per heavy atom. The number of hydrogen-bond acceptors (Lipinski definition) is 5. The van der Waals surface area contributed by atoms with E-state index in [4.69, 9.17) is 24.9 Å². The predicted molar refractivity (Wildman–Crippen MR) is 27.7 cm³/mol. The van der Waals surface area contributed by atoms with E-state index in [0.29, 0.717) is 0 Å². The van der Waals surface area contributed by atoms with Crippen LogP contribution in [0, 0.1) is 0 Å². The molecule has 0 atom stereocenters. The van der Waals surface area contributed by atoms with Gasteiger partial charge in [-0.2, -0.15) is 0 Å². The second kappa shape index (κ2) is 10.3. The van der Waals surface area contributed by atoms with Crippen LogP contribution in [-0.4, -0.2) is 38.1 Å². The molecule has 0 aliphatic carbocycles. The fourth-order valence-corrected chi connectivity index (χ4v) is 0. The molecule has 0 aromatic rings. The molecule has 0 aliphatic heterocycles. The topological polar surface area (TPSA) is 101 Å². The maximum absolute atomic E-state index is 7.62. The third-order valence-electron chi connectivity index (χ3n) is 0.1000. The van der Waals surface area contributed by atoms with Gasteiger partial charge in [-0.1, -0.05) is 0 Å². The fourth-order valence-electron chi connectivity index (χ4n) is 0. The van der Waals surface area contributed by atoms with Crippen LogP contribution in [0.3, 0.4) is 0 Å². The van der Waals surface area contributed by atoms with Crippen molar-refractivity contribution in [1.29, 1.82) is 0 Å². The maximum Gasteiger partial charge on any atom is 0.324 e. The summed E-state index contributed by atoms with van der Waals surface area (Å²) in [5.74, 6) is 0. The number of hydrogen-bond donors (Lipinski definition) is 5. The van der Waals surface area contributed by atoms with Crippen molar-refractivity contribution in [2.45, 2.75) is 0 Å². The molecule has 0 bridgehead atoms. The van der Waals surface area contributed by atoms with Crippen molar-refractivity contribution in [3.63, 3.8) is 0 Å². The Hall–Kier alpha value is 0.230. The Balaban J connectivity index is 0. The number of rotatable bonds is 1. The molecule has 0 aromatic heterocycles. The second-order valence-electron chi connectivity index (χ2n) is 0.716. The molecule has 0 unspecified atom stereocenters. The van der Waals surface area contributed by atoms with Crippen LogP contribution >= 0.6 is 8.60 Å². The Morgan fingerprint density at radius 3 is 1.00 bits per heavy atom. The van der Waals surface area contributed by atoms with Gasteiger partial charge in [0.25, 0.3) is 0 Å². The average molecular weight is 144 g/mol. The molecular weight excluding hydrogens is 135 g/mol. The van der Waals surface area contributed by atoms with Gasteiger partial charge in [-0.25, -0.2) is 0 Å². The van der Waals surface area contributed by atoms with E-state index in [9.17, 15) is 0 Å². The first kappa shape index (κ1) is 11.1. The molecule has 5 nitrogen and oxygen atoms in total. The summed E-state index contributed by atoms with van der Waals surface area (Å²) in [5.41, 5.74) is 0. The maximum atomic E-state index is 7.62. The lowest BCUT2D eigenvalue weighted by molar-refractivity contribution is 0.186. The average Bonchev–Trinajstić information content (AvgIpc) is 1.65. The number of aliphatic hydroxyl groups is 2. The van der Waals surface area contributed by atoms with Crippen LogP contribution in [0.25, 0.3) is 0 Å². The number of aliphatic hydroxyl groups excluding tert-OH is 2. The smallest absolute Gasteiger partial charge is 0.324 e. The van der Waals surface area contributed by atoms with Crippen molar-refractivity contribution < 1.29 is 24.9 Å². The van der Waals surface area contributed by atoms with Crippen LogP contribution in [0.15, 0.2) is 0 Å². The van der Waals surface area contributed by atoms with E-state index in [1.807, 2.05) is 0 Å². The van der Waals surface area contributed by atoms with Gasteiger partial charge in [0.15, 0.2) is 0 Å². The van der Waals surface area contributed by atoms with Gasteiger partial charge in [0, 0.05) is 0 Å². The van der Waals surface area contributed by atoms with Crippen molar-refractivity contribution in [1.82, 2.24) is 0 Å². The fraction of sp³-hybridized carbons (Fsp3) is 1.00. The van der Waals surface area contributed by atoms with Gasteiger partial charge in [-0.3, -0.25) is 0 Å². The van der Waals surface area contributed by atoms with E-state index in [0.717, 1.165) is 0 Å². The summed E-state index contributed by atoms with van der Waals surface area (Å²) >= 11 is 0.